The van der Waals surface area contributed by atoms with Gasteiger partial charge in [-0.1, -0.05) is 30.3 Å². The molecule has 0 unspecified atom stereocenters. The van der Waals surface area contributed by atoms with Gasteiger partial charge in [0, 0.05) is 0 Å². The van der Waals surface area contributed by atoms with Crippen molar-refractivity contribution in [3.63, 3.8) is 0 Å². The molecule has 104 valence electrons. The predicted molar refractivity (Wildman–Crippen MR) is 67.4 cm³/mol. The molecule has 1 amide bonds. The fourth-order valence-corrected chi connectivity index (χ4v) is 1.30. The Bertz CT molecular complexity index is 418. The first-order chi connectivity index (χ1) is 8.99. The molecule has 1 rings (SSSR count). The molecule has 0 spiro atoms. The molecule has 0 saturated carbocycles. The first-order valence-corrected chi connectivity index (χ1v) is 5.84. The summed E-state index contributed by atoms with van der Waals surface area (Å²) in [6.07, 6.45) is -2.57. The van der Waals surface area contributed by atoms with E-state index in [1.165, 1.54) is 0 Å². The van der Waals surface area contributed by atoms with Crippen molar-refractivity contribution < 1.29 is 24.2 Å². The average Bonchev–Trinajstić information content (AvgIpc) is 2.36. The van der Waals surface area contributed by atoms with E-state index in [-0.39, 0.29) is 12.7 Å². The van der Waals surface area contributed by atoms with E-state index in [4.69, 9.17) is 14.6 Å². The van der Waals surface area contributed by atoms with Crippen molar-refractivity contribution in [3.8, 4) is 0 Å². The maximum Gasteiger partial charge on any atom is 0.409 e. The van der Waals surface area contributed by atoms with Crippen LogP contribution in [0, 0.1) is 0 Å². The molecule has 2 N–H and O–H groups in total. The molecule has 0 fully saturated rings. The molecule has 0 radical (unpaired) electrons. The van der Waals surface area contributed by atoms with E-state index in [1.54, 1.807) is 26.0 Å². The van der Waals surface area contributed by atoms with Gasteiger partial charge in [-0.3, -0.25) is 5.32 Å². The van der Waals surface area contributed by atoms with Crippen molar-refractivity contribution in [1.82, 2.24) is 5.32 Å². The second kappa shape index (κ2) is 7.38. The van der Waals surface area contributed by atoms with Crippen LogP contribution in [0.15, 0.2) is 30.3 Å². The van der Waals surface area contributed by atoms with Gasteiger partial charge in [0.15, 0.2) is 0 Å². The van der Waals surface area contributed by atoms with E-state index in [0.29, 0.717) is 0 Å². The largest absolute Gasteiger partial charge is 0.478 e. The zero-order valence-corrected chi connectivity index (χ0v) is 10.8. The lowest BCUT2D eigenvalue weighted by Crippen LogP contribution is -2.44. The number of ether oxygens (including phenoxy) is 2. The van der Waals surface area contributed by atoms with E-state index in [9.17, 15) is 9.59 Å². The summed E-state index contributed by atoms with van der Waals surface area (Å²) >= 11 is 0. The maximum atomic E-state index is 11.4. The van der Waals surface area contributed by atoms with Gasteiger partial charge < -0.3 is 14.6 Å². The van der Waals surface area contributed by atoms with Crippen LogP contribution in [0.4, 0.5) is 4.79 Å². The molecule has 0 heterocycles. The van der Waals surface area contributed by atoms with Gasteiger partial charge in [-0.25, -0.2) is 9.59 Å². The number of carboxylic acid groups (broad SMARTS) is 1. The number of carbonyl (C=O) groups is 2. The zero-order valence-electron chi connectivity index (χ0n) is 10.8. The highest BCUT2D eigenvalue weighted by Gasteiger charge is 2.22. The molecule has 0 aliphatic carbocycles. The number of rotatable bonds is 6. The normalized spacial score (nSPS) is 11.9. The Hall–Kier alpha value is -2.08. The molecule has 19 heavy (non-hydrogen) atoms. The fourth-order valence-electron chi connectivity index (χ4n) is 1.30. The standard InChI is InChI=1S/C13H17NO5/c1-9(2)19-11(12(15)16)14-13(17)18-8-10-6-4-3-5-7-10/h3-7,9,11H,8H2,1-2H3,(H,14,17)(H,15,16)/t11-/m0/s1. The van der Waals surface area contributed by atoms with E-state index in [2.05, 4.69) is 5.32 Å². The summed E-state index contributed by atoms with van der Waals surface area (Å²) in [5.74, 6) is -1.27. The number of carboxylic acids is 1. The molecular weight excluding hydrogens is 250 g/mol. The highest BCUT2D eigenvalue weighted by molar-refractivity contribution is 5.78. The first-order valence-electron chi connectivity index (χ1n) is 5.84. The average molecular weight is 267 g/mol. The molecule has 1 aromatic carbocycles. The minimum atomic E-state index is -1.41. The number of amides is 1. The van der Waals surface area contributed by atoms with Gasteiger partial charge in [-0.2, -0.15) is 0 Å². The van der Waals surface area contributed by atoms with Crippen molar-refractivity contribution in [2.75, 3.05) is 0 Å². The summed E-state index contributed by atoms with van der Waals surface area (Å²) in [5.41, 5.74) is 0.814. The number of benzene rings is 1. The molecule has 0 aromatic heterocycles. The number of hydrogen-bond acceptors (Lipinski definition) is 4. The molecule has 0 bridgehead atoms. The Morgan fingerprint density at radius 3 is 2.42 bits per heavy atom. The topological polar surface area (TPSA) is 84.9 Å². The Morgan fingerprint density at radius 1 is 1.26 bits per heavy atom. The molecule has 1 atom stereocenters. The lowest BCUT2D eigenvalue weighted by molar-refractivity contribution is -0.155. The van der Waals surface area contributed by atoms with Crippen molar-refractivity contribution in [3.05, 3.63) is 35.9 Å². The monoisotopic (exact) mass is 267 g/mol. The van der Waals surface area contributed by atoms with Crippen LogP contribution in [0.5, 0.6) is 0 Å². The minimum Gasteiger partial charge on any atom is -0.478 e. The number of nitrogens with one attached hydrogen (secondary N) is 1. The van der Waals surface area contributed by atoms with Gasteiger partial charge in [0.25, 0.3) is 0 Å². The summed E-state index contributed by atoms with van der Waals surface area (Å²) in [6.45, 7) is 3.42. The summed E-state index contributed by atoms with van der Waals surface area (Å²) in [7, 11) is 0. The van der Waals surface area contributed by atoms with Gasteiger partial charge in [-0.05, 0) is 19.4 Å². The summed E-state index contributed by atoms with van der Waals surface area (Å²) in [5, 5.41) is 11.0. The van der Waals surface area contributed by atoms with E-state index < -0.39 is 18.3 Å². The highest BCUT2D eigenvalue weighted by atomic mass is 16.6. The molecule has 6 heteroatoms. The van der Waals surface area contributed by atoms with Crippen LogP contribution in [0.3, 0.4) is 0 Å². The van der Waals surface area contributed by atoms with Crippen molar-refractivity contribution >= 4 is 12.1 Å². The van der Waals surface area contributed by atoms with Crippen LogP contribution < -0.4 is 5.32 Å². The zero-order chi connectivity index (χ0) is 14.3. The third kappa shape index (κ3) is 5.87. The quantitative estimate of drug-likeness (QED) is 0.767. The van der Waals surface area contributed by atoms with Crippen LogP contribution in [0.25, 0.3) is 0 Å². The van der Waals surface area contributed by atoms with E-state index in [1.807, 2.05) is 18.2 Å². The summed E-state index contributed by atoms with van der Waals surface area (Å²) in [6, 6.07) is 9.08. The van der Waals surface area contributed by atoms with Crippen LogP contribution >= 0.6 is 0 Å². The first kappa shape index (κ1) is 15.0. The predicted octanol–water partition coefficient (Wildman–Crippen LogP) is 1.75. The number of alkyl carbamates (subject to hydrolysis) is 1. The van der Waals surface area contributed by atoms with E-state index in [0.717, 1.165) is 5.56 Å². The molecule has 6 nitrogen and oxygen atoms in total. The van der Waals surface area contributed by atoms with E-state index >= 15 is 0 Å². The SMILES string of the molecule is CC(C)O[C@H](NC(=O)OCc1ccccc1)C(=O)O. The molecule has 0 aliphatic rings. The molecule has 1 aromatic rings. The second-order valence-electron chi connectivity index (χ2n) is 4.11. The Balaban J connectivity index is 2.42. The van der Waals surface area contributed by atoms with Gasteiger partial charge in [0.1, 0.15) is 6.61 Å². The van der Waals surface area contributed by atoms with Crippen molar-refractivity contribution in [2.24, 2.45) is 0 Å². The van der Waals surface area contributed by atoms with Crippen LogP contribution in [-0.2, 0) is 20.9 Å². The van der Waals surface area contributed by atoms with Crippen LogP contribution in [0.1, 0.15) is 19.4 Å². The molecule has 0 aliphatic heterocycles. The highest BCUT2D eigenvalue weighted by Crippen LogP contribution is 2.01. The van der Waals surface area contributed by atoms with Crippen LogP contribution in [-0.4, -0.2) is 29.5 Å². The maximum absolute atomic E-state index is 11.4. The van der Waals surface area contributed by atoms with Gasteiger partial charge in [-0.15, -0.1) is 0 Å². The lowest BCUT2D eigenvalue weighted by atomic mass is 10.2. The molecule has 0 saturated heterocycles. The Labute approximate surface area is 111 Å². The Morgan fingerprint density at radius 2 is 1.89 bits per heavy atom. The number of carbonyl (C=O) groups excluding carboxylic acids is 1. The third-order valence-corrected chi connectivity index (χ3v) is 2.09. The van der Waals surface area contributed by atoms with Crippen molar-refractivity contribution in [1.29, 1.82) is 0 Å². The smallest absolute Gasteiger partial charge is 0.409 e. The lowest BCUT2D eigenvalue weighted by Gasteiger charge is -2.17. The second-order valence-corrected chi connectivity index (χ2v) is 4.11. The fraction of sp³-hybridized carbons (Fsp3) is 0.385. The number of aliphatic carboxylic acids is 1. The summed E-state index contributed by atoms with van der Waals surface area (Å²) in [4.78, 5) is 22.3. The van der Waals surface area contributed by atoms with Gasteiger partial charge in [0.05, 0.1) is 6.10 Å². The van der Waals surface area contributed by atoms with Crippen LogP contribution in [0.2, 0.25) is 0 Å². The van der Waals surface area contributed by atoms with Gasteiger partial charge in [0.2, 0.25) is 6.23 Å². The third-order valence-electron chi connectivity index (χ3n) is 2.09. The minimum absolute atomic E-state index is 0.0701. The summed E-state index contributed by atoms with van der Waals surface area (Å²) < 4.78 is 9.92. The Kier molecular flexibility index (Phi) is 5.81. The number of hydrogen-bond donors (Lipinski definition) is 2. The van der Waals surface area contributed by atoms with Crippen molar-refractivity contribution in [2.45, 2.75) is 32.8 Å². The van der Waals surface area contributed by atoms with Gasteiger partial charge >= 0.3 is 12.1 Å². The molecular formula is C13H17NO5.